The van der Waals surface area contributed by atoms with E-state index >= 15 is 0 Å². The number of halogens is 1. The molecule has 0 fully saturated rings. The zero-order valence-electron chi connectivity index (χ0n) is 7.67. The van der Waals surface area contributed by atoms with Crippen LogP contribution in [0.4, 0.5) is 0 Å². The van der Waals surface area contributed by atoms with Gasteiger partial charge in [-0.3, -0.25) is 0 Å². The minimum Gasteiger partial charge on any atom is -0.464 e. The van der Waals surface area contributed by atoms with Crippen molar-refractivity contribution in [3.63, 3.8) is 0 Å². The lowest BCUT2D eigenvalue weighted by Crippen LogP contribution is -1.88. The van der Waals surface area contributed by atoms with Crippen molar-refractivity contribution in [1.29, 1.82) is 0 Å². The van der Waals surface area contributed by atoms with Gasteiger partial charge in [-0.15, -0.1) is 0 Å². The molecule has 0 bridgehead atoms. The Labute approximate surface area is 82.3 Å². The summed E-state index contributed by atoms with van der Waals surface area (Å²) in [5, 5.41) is 1.95. The highest BCUT2D eigenvalue weighted by Gasteiger charge is 2.10. The molecule has 0 aliphatic heterocycles. The van der Waals surface area contributed by atoms with Gasteiger partial charge in [0.15, 0.2) is 0 Å². The predicted octanol–water partition coefficient (Wildman–Crippen LogP) is 4.21. The normalized spacial score (nSPS) is 11.4. The fourth-order valence-corrected chi connectivity index (χ4v) is 2.01. The van der Waals surface area contributed by atoms with Gasteiger partial charge in [0.1, 0.15) is 5.58 Å². The first-order valence-corrected chi connectivity index (χ1v) is 4.73. The van der Waals surface area contributed by atoms with Crippen molar-refractivity contribution in [2.75, 3.05) is 0 Å². The Morgan fingerprint density at radius 2 is 2.00 bits per heavy atom. The zero-order chi connectivity index (χ0) is 9.42. The fraction of sp³-hybridized carbons (Fsp3) is 0.273. The standard InChI is InChI=1S/C11H11ClO/c1-7(2)11-8-5-6-13-10(8)4-3-9(11)12/h3-7H,1-2H3. The fourth-order valence-electron chi connectivity index (χ4n) is 1.63. The summed E-state index contributed by atoms with van der Waals surface area (Å²) in [6, 6.07) is 5.77. The Hall–Kier alpha value is -0.950. The third-order valence-corrected chi connectivity index (χ3v) is 2.53. The number of benzene rings is 1. The van der Waals surface area contributed by atoms with E-state index in [1.165, 1.54) is 5.56 Å². The van der Waals surface area contributed by atoms with Crippen molar-refractivity contribution in [3.05, 3.63) is 35.0 Å². The second-order valence-electron chi connectivity index (χ2n) is 3.45. The molecule has 2 aromatic rings. The summed E-state index contributed by atoms with van der Waals surface area (Å²) < 4.78 is 5.31. The van der Waals surface area contributed by atoms with Gasteiger partial charge >= 0.3 is 0 Å². The lowest BCUT2D eigenvalue weighted by atomic mass is 9.99. The van der Waals surface area contributed by atoms with Gasteiger partial charge in [0, 0.05) is 10.4 Å². The Morgan fingerprint density at radius 1 is 1.23 bits per heavy atom. The van der Waals surface area contributed by atoms with E-state index in [0.717, 1.165) is 16.0 Å². The Bertz CT molecular complexity index is 429. The van der Waals surface area contributed by atoms with Crippen LogP contribution in [0.1, 0.15) is 25.3 Å². The highest BCUT2D eigenvalue weighted by molar-refractivity contribution is 6.32. The molecule has 2 heteroatoms. The van der Waals surface area contributed by atoms with Gasteiger partial charge in [-0.05, 0) is 29.7 Å². The summed E-state index contributed by atoms with van der Waals surface area (Å²) in [5.74, 6) is 0.425. The van der Waals surface area contributed by atoms with Gasteiger partial charge in [-0.2, -0.15) is 0 Å². The Kier molecular flexibility index (Phi) is 2.04. The third-order valence-electron chi connectivity index (χ3n) is 2.20. The van der Waals surface area contributed by atoms with Crippen molar-refractivity contribution < 1.29 is 4.42 Å². The molecule has 0 atom stereocenters. The van der Waals surface area contributed by atoms with Gasteiger partial charge in [0.25, 0.3) is 0 Å². The molecule has 1 heterocycles. The summed E-state index contributed by atoms with van der Waals surface area (Å²) in [4.78, 5) is 0. The molecule has 68 valence electrons. The number of rotatable bonds is 1. The molecule has 0 amide bonds. The van der Waals surface area contributed by atoms with Crippen LogP contribution in [0.15, 0.2) is 28.9 Å². The first-order chi connectivity index (χ1) is 6.20. The monoisotopic (exact) mass is 194 g/mol. The molecular weight excluding hydrogens is 184 g/mol. The summed E-state index contributed by atoms with van der Waals surface area (Å²) in [6.07, 6.45) is 1.70. The maximum atomic E-state index is 6.11. The molecule has 13 heavy (non-hydrogen) atoms. The van der Waals surface area contributed by atoms with Crippen LogP contribution in [0.25, 0.3) is 11.0 Å². The number of hydrogen-bond acceptors (Lipinski definition) is 1. The van der Waals surface area contributed by atoms with Crippen molar-refractivity contribution in [1.82, 2.24) is 0 Å². The van der Waals surface area contributed by atoms with Crippen LogP contribution in [0, 0.1) is 0 Å². The maximum Gasteiger partial charge on any atom is 0.134 e. The van der Waals surface area contributed by atoms with Gasteiger partial charge in [-0.1, -0.05) is 25.4 Å². The van der Waals surface area contributed by atoms with Crippen molar-refractivity contribution in [2.45, 2.75) is 19.8 Å². The first-order valence-electron chi connectivity index (χ1n) is 4.35. The summed E-state index contributed by atoms with van der Waals surface area (Å²) in [7, 11) is 0. The van der Waals surface area contributed by atoms with E-state index in [-0.39, 0.29) is 0 Å². The molecular formula is C11H11ClO. The van der Waals surface area contributed by atoms with Crippen LogP contribution in [-0.2, 0) is 0 Å². The van der Waals surface area contributed by atoms with Gasteiger partial charge in [0.05, 0.1) is 6.26 Å². The highest BCUT2D eigenvalue weighted by atomic mass is 35.5. The maximum absolute atomic E-state index is 6.11. The van der Waals surface area contributed by atoms with E-state index < -0.39 is 0 Å². The van der Waals surface area contributed by atoms with E-state index in [9.17, 15) is 0 Å². The lowest BCUT2D eigenvalue weighted by Gasteiger charge is -2.08. The van der Waals surface area contributed by atoms with Crippen LogP contribution in [0.5, 0.6) is 0 Å². The van der Waals surface area contributed by atoms with Crippen LogP contribution in [0.2, 0.25) is 5.02 Å². The molecule has 0 aliphatic rings. The molecule has 2 rings (SSSR count). The van der Waals surface area contributed by atoms with Gasteiger partial charge in [0.2, 0.25) is 0 Å². The number of fused-ring (bicyclic) bond motifs is 1. The molecule has 0 saturated heterocycles. The van der Waals surface area contributed by atoms with E-state index in [1.807, 2.05) is 18.2 Å². The van der Waals surface area contributed by atoms with Crippen LogP contribution in [-0.4, -0.2) is 0 Å². The van der Waals surface area contributed by atoms with Crippen molar-refractivity contribution in [2.24, 2.45) is 0 Å². The van der Waals surface area contributed by atoms with E-state index in [4.69, 9.17) is 16.0 Å². The Morgan fingerprint density at radius 3 is 2.69 bits per heavy atom. The van der Waals surface area contributed by atoms with E-state index in [0.29, 0.717) is 5.92 Å². The second kappa shape index (κ2) is 3.08. The summed E-state index contributed by atoms with van der Waals surface area (Å²) in [5.41, 5.74) is 2.08. The molecule has 1 aromatic carbocycles. The molecule has 0 unspecified atom stereocenters. The molecule has 1 aromatic heterocycles. The molecule has 1 nitrogen and oxygen atoms in total. The molecule has 0 saturated carbocycles. The quantitative estimate of drug-likeness (QED) is 0.663. The van der Waals surface area contributed by atoms with Gasteiger partial charge in [-0.25, -0.2) is 0 Å². The minimum atomic E-state index is 0.425. The summed E-state index contributed by atoms with van der Waals surface area (Å²) >= 11 is 6.11. The smallest absolute Gasteiger partial charge is 0.134 e. The SMILES string of the molecule is CC(C)c1c(Cl)ccc2occc12. The molecule has 0 N–H and O–H groups in total. The third kappa shape index (κ3) is 1.33. The van der Waals surface area contributed by atoms with Crippen LogP contribution in [0.3, 0.4) is 0 Å². The van der Waals surface area contributed by atoms with Gasteiger partial charge < -0.3 is 4.42 Å². The van der Waals surface area contributed by atoms with Crippen LogP contribution < -0.4 is 0 Å². The molecule has 0 radical (unpaired) electrons. The van der Waals surface area contributed by atoms with E-state index in [2.05, 4.69) is 13.8 Å². The zero-order valence-corrected chi connectivity index (χ0v) is 8.43. The second-order valence-corrected chi connectivity index (χ2v) is 3.86. The summed E-state index contributed by atoms with van der Waals surface area (Å²) in [6.45, 7) is 4.27. The van der Waals surface area contributed by atoms with Crippen molar-refractivity contribution in [3.8, 4) is 0 Å². The highest BCUT2D eigenvalue weighted by Crippen LogP contribution is 2.32. The molecule has 0 aliphatic carbocycles. The minimum absolute atomic E-state index is 0.425. The van der Waals surface area contributed by atoms with Crippen LogP contribution >= 0.6 is 11.6 Å². The largest absolute Gasteiger partial charge is 0.464 e. The lowest BCUT2D eigenvalue weighted by molar-refractivity contribution is 0.615. The number of hydrogen-bond donors (Lipinski definition) is 0. The number of furan rings is 1. The Balaban J connectivity index is 2.80. The first kappa shape index (κ1) is 8.64. The average Bonchev–Trinajstić information content (AvgIpc) is 2.50. The van der Waals surface area contributed by atoms with Crippen molar-refractivity contribution >= 4 is 22.6 Å². The predicted molar refractivity (Wildman–Crippen MR) is 55.3 cm³/mol. The van der Waals surface area contributed by atoms with E-state index in [1.54, 1.807) is 6.26 Å². The average molecular weight is 195 g/mol. The topological polar surface area (TPSA) is 13.1 Å². The molecule has 0 spiro atoms.